The van der Waals surface area contributed by atoms with Crippen LogP contribution in [0.3, 0.4) is 0 Å². The monoisotopic (exact) mass is 256 g/mol. The maximum absolute atomic E-state index is 5.17. The van der Waals surface area contributed by atoms with Crippen molar-refractivity contribution >= 4 is 11.0 Å². The molecule has 0 bridgehead atoms. The molecule has 0 unspecified atom stereocenters. The van der Waals surface area contributed by atoms with E-state index in [2.05, 4.69) is 15.3 Å². The predicted octanol–water partition coefficient (Wildman–Crippen LogP) is 1.83. The topological polar surface area (TPSA) is 62.1 Å². The number of nitrogens with zero attached hydrogens (tertiary/aromatic N) is 4. The fourth-order valence-electron chi connectivity index (χ4n) is 1.89. The first-order valence-electron chi connectivity index (χ1n) is 5.72. The van der Waals surface area contributed by atoms with Crippen molar-refractivity contribution in [2.45, 2.75) is 0 Å². The highest BCUT2D eigenvalue weighted by Crippen LogP contribution is 2.23. The Hall–Kier alpha value is -2.63. The number of hydrogen-bond donors (Lipinski definition) is 0. The van der Waals surface area contributed by atoms with Gasteiger partial charge < -0.3 is 9.47 Å². The fraction of sp³-hybridized carbons (Fsp3) is 0.154. The Morgan fingerprint density at radius 3 is 2.47 bits per heavy atom. The van der Waals surface area contributed by atoms with Crippen molar-refractivity contribution in [1.82, 2.24) is 20.0 Å². The molecule has 0 spiro atoms. The molecule has 0 amide bonds. The Morgan fingerprint density at radius 1 is 1.00 bits per heavy atom. The zero-order valence-corrected chi connectivity index (χ0v) is 10.6. The second-order valence-corrected chi connectivity index (χ2v) is 3.89. The molecule has 0 atom stereocenters. The normalized spacial score (nSPS) is 10.6. The molecule has 3 rings (SSSR count). The van der Waals surface area contributed by atoms with Crippen LogP contribution in [0.4, 0.5) is 0 Å². The molecule has 6 nitrogen and oxygen atoms in total. The van der Waals surface area contributed by atoms with Gasteiger partial charge in [-0.3, -0.25) is 0 Å². The van der Waals surface area contributed by atoms with E-state index in [1.807, 2.05) is 30.3 Å². The summed E-state index contributed by atoms with van der Waals surface area (Å²) >= 11 is 0. The third kappa shape index (κ3) is 1.87. The highest BCUT2D eigenvalue weighted by atomic mass is 16.5. The van der Waals surface area contributed by atoms with Gasteiger partial charge in [-0.05, 0) is 30.3 Å². The Morgan fingerprint density at radius 2 is 1.79 bits per heavy atom. The van der Waals surface area contributed by atoms with E-state index >= 15 is 0 Å². The summed E-state index contributed by atoms with van der Waals surface area (Å²) in [5, 5.41) is 8.24. The van der Waals surface area contributed by atoms with E-state index in [4.69, 9.17) is 9.47 Å². The molecule has 0 aliphatic rings. The molecule has 19 heavy (non-hydrogen) atoms. The molecule has 0 radical (unpaired) electrons. The Balaban J connectivity index is 2.14. The van der Waals surface area contributed by atoms with Crippen LogP contribution in [0.2, 0.25) is 0 Å². The van der Waals surface area contributed by atoms with Crippen molar-refractivity contribution in [3.05, 3.63) is 36.5 Å². The molecule has 0 fully saturated rings. The summed E-state index contributed by atoms with van der Waals surface area (Å²) in [6.07, 6.45) is 1.67. The van der Waals surface area contributed by atoms with Crippen LogP contribution in [-0.2, 0) is 0 Å². The van der Waals surface area contributed by atoms with Gasteiger partial charge in [0.1, 0.15) is 11.3 Å². The lowest BCUT2D eigenvalue weighted by atomic mass is 10.3. The molecule has 3 aromatic rings. The zero-order chi connectivity index (χ0) is 13.2. The van der Waals surface area contributed by atoms with E-state index in [-0.39, 0.29) is 0 Å². The summed E-state index contributed by atoms with van der Waals surface area (Å²) in [7, 11) is 3.20. The van der Waals surface area contributed by atoms with Crippen molar-refractivity contribution in [2.24, 2.45) is 0 Å². The average molecular weight is 256 g/mol. The second-order valence-electron chi connectivity index (χ2n) is 3.89. The lowest BCUT2D eigenvalue weighted by Gasteiger charge is -2.04. The minimum Gasteiger partial charge on any atom is -0.497 e. The fourth-order valence-corrected chi connectivity index (χ4v) is 1.89. The summed E-state index contributed by atoms with van der Waals surface area (Å²) in [6, 6.07) is 9.43. The first-order valence-corrected chi connectivity index (χ1v) is 5.72. The number of rotatable bonds is 3. The number of hydrogen-bond acceptors (Lipinski definition) is 5. The number of benzene rings is 1. The van der Waals surface area contributed by atoms with Crippen LogP contribution < -0.4 is 9.47 Å². The molecule has 2 aromatic heterocycles. The van der Waals surface area contributed by atoms with Gasteiger partial charge in [0.15, 0.2) is 5.52 Å². The van der Waals surface area contributed by atoms with Crippen molar-refractivity contribution in [1.29, 1.82) is 0 Å². The van der Waals surface area contributed by atoms with E-state index < -0.39 is 0 Å². The summed E-state index contributed by atoms with van der Waals surface area (Å²) in [5.74, 6) is 1.27. The van der Waals surface area contributed by atoms with Crippen LogP contribution in [0.15, 0.2) is 36.5 Å². The van der Waals surface area contributed by atoms with Gasteiger partial charge in [0.05, 0.1) is 19.9 Å². The van der Waals surface area contributed by atoms with Crippen LogP contribution in [0.25, 0.3) is 16.7 Å². The highest BCUT2D eigenvalue weighted by Gasteiger charge is 2.11. The number of fused-ring (bicyclic) bond motifs is 1. The molecule has 0 aliphatic carbocycles. The van der Waals surface area contributed by atoms with Gasteiger partial charge in [0.2, 0.25) is 5.88 Å². The number of aromatic nitrogens is 4. The Kier molecular flexibility index (Phi) is 2.75. The number of methoxy groups -OCH3 is 2. The van der Waals surface area contributed by atoms with Gasteiger partial charge in [-0.25, -0.2) is 9.67 Å². The first-order chi connectivity index (χ1) is 9.33. The van der Waals surface area contributed by atoms with Crippen molar-refractivity contribution < 1.29 is 9.47 Å². The standard InChI is InChI=1S/C13H12N4O2/c1-18-10-5-3-9(4-6-10)17-11-7-8-14-13(19-2)12(11)15-16-17/h3-8H,1-2H3. The van der Waals surface area contributed by atoms with Gasteiger partial charge in [0, 0.05) is 6.20 Å². The van der Waals surface area contributed by atoms with E-state index in [0.29, 0.717) is 11.4 Å². The molecule has 0 aliphatic heterocycles. The molecule has 0 saturated heterocycles. The van der Waals surface area contributed by atoms with E-state index in [9.17, 15) is 0 Å². The van der Waals surface area contributed by atoms with Crippen LogP contribution >= 0.6 is 0 Å². The predicted molar refractivity (Wildman–Crippen MR) is 69.8 cm³/mol. The van der Waals surface area contributed by atoms with Crippen molar-refractivity contribution in [3.8, 4) is 17.3 Å². The molecular formula is C13H12N4O2. The van der Waals surface area contributed by atoms with Crippen LogP contribution in [0.1, 0.15) is 0 Å². The summed E-state index contributed by atoms with van der Waals surface area (Å²) < 4.78 is 12.0. The Labute approximate surface area is 109 Å². The first kappa shape index (κ1) is 11.5. The minimum atomic E-state index is 0.470. The van der Waals surface area contributed by atoms with Crippen LogP contribution in [0.5, 0.6) is 11.6 Å². The molecule has 0 saturated carbocycles. The van der Waals surface area contributed by atoms with Gasteiger partial charge in [-0.2, -0.15) is 0 Å². The molecule has 96 valence electrons. The van der Waals surface area contributed by atoms with Crippen LogP contribution in [0, 0.1) is 0 Å². The second kappa shape index (κ2) is 4.56. The van der Waals surface area contributed by atoms with Crippen molar-refractivity contribution in [2.75, 3.05) is 14.2 Å². The largest absolute Gasteiger partial charge is 0.497 e. The van der Waals surface area contributed by atoms with E-state index in [1.165, 1.54) is 0 Å². The van der Waals surface area contributed by atoms with Gasteiger partial charge in [-0.1, -0.05) is 5.21 Å². The summed E-state index contributed by atoms with van der Waals surface area (Å²) in [5.41, 5.74) is 2.38. The Bertz CT molecular complexity index is 706. The minimum absolute atomic E-state index is 0.470. The summed E-state index contributed by atoms with van der Waals surface area (Å²) in [6.45, 7) is 0. The molecule has 6 heteroatoms. The highest BCUT2D eigenvalue weighted by molar-refractivity contribution is 5.80. The average Bonchev–Trinajstić information content (AvgIpc) is 2.91. The van der Waals surface area contributed by atoms with Crippen LogP contribution in [-0.4, -0.2) is 34.2 Å². The maximum Gasteiger partial charge on any atom is 0.243 e. The SMILES string of the molecule is COc1ccc(-n2nnc3c(OC)nccc32)cc1. The third-order valence-corrected chi connectivity index (χ3v) is 2.84. The summed E-state index contributed by atoms with van der Waals surface area (Å²) in [4.78, 5) is 4.10. The lowest BCUT2D eigenvalue weighted by molar-refractivity contribution is 0.402. The third-order valence-electron chi connectivity index (χ3n) is 2.84. The molecule has 2 heterocycles. The number of ether oxygens (including phenoxy) is 2. The maximum atomic E-state index is 5.17. The molecular weight excluding hydrogens is 244 g/mol. The number of pyridine rings is 1. The molecule has 1 aromatic carbocycles. The van der Waals surface area contributed by atoms with E-state index in [0.717, 1.165) is 17.0 Å². The van der Waals surface area contributed by atoms with Crippen molar-refractivity contribution in [3.63, 3.8) is 0 Å². The quantitative estimate of drug-likeness (QED) is 0.715. The van der Waals surface area contributed by atoms with E-state index in [1.54, 1.807) is 25.1 Å². The van der Waals surface area contributed by atoms with Gasteiger partial charge >= 0.3 is 0 Å². The smallest absolute Gasteiger partial charge is 0.243 e. The lowest BCUT2D eigenvalue weighted by Crippen LogP contribution is -1.96. The van der Waals surface area contributed by atoms with Gasteiger partial charge in [0.25, 0.3) is 0 Å². The molecule has 0 N–H and O–H groups in total. The van der Waals surface area contributed by atoms with Gasteiger partial charge in [-0.15, -0.1) is 5.10 Å². The zero-order valence-electron chi connectivity index (χ0n) is 10.6.